The fourth-order valence-corrected chi connectivity index (χ4v) is 13.2. The second kappa shape index (κ2) is 39.8. The summed E-state index contributed by atoms with van der Waals surface area (Å²) in [6.45, 7) is 5.96. The number of aromatic amines is 1. The first-order valence-corrected chi connectivity index (χ1v) is 34.0. The highest BCUT2D eigenvalue weighted by atomic mass is 32.2. The number of nitrogens with zero attached hydrogens (tertiary/aromatic N) is 1. The molecule has 3 aliphatic rings. The van der Waals surface area contributed by atoms with Crippen LogP contribution in [0, 0.1) is 29.6 Å². The zero-order valence-electron chi connectivity index (χ0n) is 54.2. The summed E-state index contributed by atoms with van der Waals surface area (Å²) in [7, 11) is -1.02. The topological polar surface area (TPSA) is 478 Å². The standard InChI is InChI=1S/C61H92N10O22S2/c1-6-33(2)40-24-37(73)27-65-56(83)36-22-41-39-7-8-48(89-5)42(31-94-20-11-63-50(78)9-12-90-14-16-92-18-19-93-17-15-91-13-10-64-55(82)34(3)21-52(80)81)54(39)70-60(41)95(88)32-44(67-51(79)28-66-57(40)84)58(85)68-43(26-49(62)77)61(87)71-29-38(74)25-45(71)59(86)69-53(46(75)23-36)35(4)47(76)30-72/h7-8,33-36,38,40,43-45,47,53,70,72,74,76H,6,9-32H2,1-5H3,(H2,62,77)(H,63,78)(H,64,82)(H,65,83)(H,66,84)(H,67,79)(H,68,85)(H,69,86)(H,80,81)/t33-,34?,35-,36+,38+,40-,43-,44-,45-,47-,53-,95?/m0/s1. The van der Waals surface area contributed by atoms with Crippen LogP contribution in [0.4, 0.5) is 0 Å². The lowest BCUT2D eigenvalue weighted by atomic mass is 9.85. The Morgan fingerprint density at radius 2 is 1.48 bits per heavy atom. The molecule has 0 radical (unpaired) electrons. The van der Waals surface area contributed by atoms with Crippen molar-refractivity contribution in [2.75, 3.05) is 111 Å². The van der Waals surface area contributed by atoms with Gasteiger partial charge in [0.05, 0.1) is 133 Å². The van der Waals surface area contributed by atoms with Crippen LogP contribution in [0.1, 0.15) is 83.8 Å². The van der Waals surface area contributed by atoms with Crippen LogP contribution in [-0.2, 0) is 99.5 Å². The van der Waals surface area contributed by atoms with E-state index in [-0.39, 0.29) is 100 Å². The van der Waals surface area contributed by atoms with Gasteiger partial charge in [-0.3, -0.25) is 61.7 Å². The number of aromatic nitrogens is 1. The number of H-pyrrole nitrogens is 1. The van der Waals surface area contributed by atoms with E-state index in [0.717, 1.165) is 4.90 Å². The van der Waals surface area contributed by atoms with Gasteiger partial charge in [0.15, 0.2) is 11.6 Å². The van der Waals surface area contributed by atoms with Gasteiger partial charge in [0.25, 0.3) is 0 Å². The lowest BCUT2D eigenvalue weighted by molar-refractivity contribution is -0.144. The molecule has 34 heteroatoms. The average molecular weight is 1380 g/mol. The van der Waals surface area contributed by atoms with Crippen LogP contribution in [0.2, 0.25) is 0 Å². The number of carboxylic acids is 1. The maximum atomic E-state index is 15.3. The summed E-state index contributed by atoms with van der Waals surface area (Å²) < 4.78 is 43.1. The maximum absolute atomic E-state index is 15.3. The van der Waals surface area contributed by atoms with Gasteiger partial charge in [-0.15, -0.1) is 0 Å². The second-order valence-electron chi connectivity index (χ2n) is 23.6. The van der Waals surface area contributed by atoms with Crippen molar-refractivity contribution >= 4 is 104 Å². The number of hydrogen-bond donors (Lipinski definition) is 13. The predicted octanol–water partition coefficient (Wildman–Crippen LogP) is -3.40. The fourth-order valence-electron chi connectivity index (χ4n) is 10.9. The molecule has 2 unspecified atom stereocenters. The molecule has 1 aromatic heterocycles. The third kappa shape index (κ3) is 24.5. The molecule has 1 saturated heterocycles. The summed E-state index contributed by atoms with van der Waals surface area (Å²) in [5.74, 6) is -15.0. The molecule has 32 nitrogen and oxygen atoms in total. The minimum atomic E-state index is -2.44. The minimum absolute atomic E-state index is 0.0502. The van der Waals surface area contributed by atoms with E-state index < -0.39 is 200 Å². The van der Waals surface area contributed by atoms with Gasteiger partial charge < -0.3 is 96.9 Å². The van der Waals surface area contributed by atoms with E-state index in [2.05, 4.69) is 42.2 Å². The van der Waals surface area contributed by atoms with Crippen LogP contribution in [0.5, 0.6) is 5.75 Å². The van der Waals surface area contributed by atoms with Crippen LogP contribution < -0.4 is 47.7 Å². The van der Waals surface area contributed by atoms with E-state index >= 15 is 4.21 Å². The molecular weight excluding hydrogens is 1290 g/mol. The average Bonchev–Trinajstić information content (AvgIpc) is 1.63. The molecule has 5 rings (SSSR count). The highest BCUT2D eigenvalue weighted by Crippen LogP contribution is 2.37. The van der Waals surface area contributed by atoms with E-state index in [1.807, 2.05) is 0 Å². The highest BCUT2D eigenvalue weighted by Gasteiger charge is 2.45. The predicted molar refractivity (Wildman–Crippen MR) is 341 cm³/mol. The van der Waals surface area contributed by atoms with E-state index in [0.29, 0.717) is 41.0 Å². The SMILES string of the molecule is CC[C@H](C)[C@@H]1CC(=O)CNC(=O)[C@H]2CC(=O)[C@H]([C@@H](C)[C@@H](O)CO)NC(=O)[C@@H]3C[C@@H](O)CN3C(=O)[C@H](CC(N)=O)NC(=O)[C@H](CS(=O)c3[nH]c4c(CSCCNC(=O)CCOCCOCCOCCOCCNC(=O)C(C)CC(=O)O)c(OC)ccc4c3C2)NC(=O)CNC1=O. The number of carbonyl (C=O) groups excluding carboxylic acids is 11. The number of ether oxygens (including phenoxy) is 5. The van der Waals surface area contributed by atoms with Crippen molar-refractivity contribution in [3.05, 3.63) is 23.3 Å². The number of rotatable bonds is 31. The van der Waals surface area contributed by atoms with Crippen molar-refractivity contribution in [1.29, 1.82) is 0 Å². The number of carbonyl (C=O) groups is 12. The Labute approximate surface area is 556 Å². The molecule has 1 aromatic carbocycles. The Morgan fingerprint density at radius 1 is 0.821 bits per heavy atom. The van der Waals surface area contributed by atoms with Crippen molar-refractivity contribution in [3.63, 3.8) is 0 Å². The zero-order valence-corrected chi connectivity index (χ0v) is 55.8. The molecule has 2 bridgehead atoms. The summed E-state index contributed by atoms with van der Waals surface area (Å²) in [6.07, 6.45) is -5.70. The molecular formula is C61H92N10O22S2. The Kier molecular flexibility index (Phi) is 32.9. The first kappa shape index (κ1) is 78.5. The number of amides is 9. The Bertz CT molecular complexity index is 3040. The van der Waals surface area contributed by atoms with Gasteiger partial charge in [-0.1, -0.05) is 34.1 Å². The summed E-state index contributed by atoms with van der Waals surface area (Å²) in [5, 5.41) is 59.1. The number of ketones is 2. The van der Waals surface area contributed by atoms with Crippen LogP contribution >= 0.6 is 11.8 Å². The Morgan fingerprint density at radius 3 is 2.13 bits per heavy atom. The van der Waals surface area contributed by atoms with Gasteiger partial charge in [0, 0.05) is 91.4 Å². The number of nitrogens with one attached hydrogen (secondary N) is 8. The number of carboxylic acid groups (broad SMARTS) is 1. The summed E-state index contributed by atoms with van der Waals surface area (Å²) in [4.78, 5) is 167. The normalized spacial score (nSPS) is 23.4. The Hall–Kier alpha value is -7.18. The number of benzene rings is 1. The van der Waals surface area contributed by atoms with E-state index in [9.17, 15) is 72.9 Å². The third-order valence-corrected chi connectivity index (χ3v) is 18.9. The lowest BCUT2D eigenvalue weighted by Crippen LogP contribution is -2.60. The van der Waals surface area contributed by atoms with Crippen molar-refractivity contribution in [2.45, 2.75) is 126 Å². The van der Waals surface area contributed by atoms with Crippen molar-refractivity contribution in [1.82, 2.24) is 47.1 Å². The number of aliphatic hydroxyl groups excluding tert-OH is 3. The smallest absolute Gasteiger partial charge is 0.304 e. The molecule has 4 heterocycles. The van der Waals surface area contributed by atoms with Crippen LogP contribution in [0.25, 0.3) is 10.9 Å². The van der Waals surface area contributed by atoms with E-state index in [1.165, 1.54) is 32.7 Å². The summed E-state index contributed by atoms with van der Waals surface area (Å²) in [6, 6.07) is -3.79. The first-order chi connectivity index (χ1) is 45.3. The molecule has 0 spiro atoms. The highest BCUT2D eigenvalue weighted by molar-refractivity contribution is 7.98. The number of fused-ring (bicyclic) bond motifs is 5. The van der Waals surface area contributed by atoms with Crippen LogP contribution in [-0.4, -0.2) is 252 Å². The maximum Gasteiger partial charge on any atom is 0.304 e. The van der Waals surface area contributed by atoms with Crippen molar-refractivity contribution in [2.24, 2.45) is 35.3 Å². The van der Waals surface area contributed by atoms with Crippen LogP contribution in [0.3, 0.4) is 0 Å². The fraction of sp³-hybridized carbons (Fsp3) is 0.672. The number of nitrogens with two attached hydrogens (primary N) is 1. The summed E-state index contributed by atoms with van der Waals surface area (Å²) >= 11 is 1.37. The molecule has 0 saturated carbocycles. The second-order valence-corrected chi connectivity index (χ2v) is 26.1. The van der Waals surface area contributed by atoms with Crippen molar-refractivity contribution in [3.8, 4) is 5.75 Å². The first-order valence-electron chi connectivity index (χ1n) is 31.6. The van der Waals surface area contributed by atoms with Gasteiger partial charge in [0.2, 0.25) is 53.2 Å². The number of methoxy groups -OCH3 is 1. The van der Waals surface area contributed by atoms with Gasteiger partial charge in [-0.05, 0) is 30.0 Å². The van der Waals surface area contributed by atoms with Gasteiger partial charge >= 0.3 is 5.97 Å². The largest absolute Gasteiger partial charge is 0.496 e. The molecule has 530 valence electrons. The number of thioether (sulfide) groups is 1. The number of hydrogen-bond acceptors (Lipinski definition) is 22. The minimum Gasteiger partial charge on any atom is -0.496 e. The number of primary amides is 1. The molecule has 1 fully saturated rings. The number of aliphatic hydroxyl groups is 3. The lowest BCUT2D eigenvalue weighted by Gasteiger charge is -2.32. The number of aliphatic carboxylic acids is 1. The quantitative estimate of drug-likeness (QED) is 0.0327. The molecule has 3 aliphatic heterocycles. The zero-order chi connectivity index (χ0) is 69.9. The van der Waals surface area contributed by atoms with Gasteiger partial charge in [-0.2, -0.15) is 11.8 Å². The van der Waals surface area contributed by atoms with Crippen LogP contribution in [0.15, 0.2) is 17.2 Å². The molecule has 2 aromatic rings. The van der Waals surface area contributed by atoms with E-state index in [4.69, 9.17) is 34.5 Å². The summed E-state index contributed by atoms with van der Waals surface area (Å²) in [5.41, 5.74) is 6.58. The number of Topliss-reactive ketones (excluding diaryl/α,β-unsaturated/α-hetero) is 2. The molecule has 9 amide bonds. The monoisotopic (exact) mass is 1380 g/mol. The molecule has 12 atom stereocenters. The molecule has 14 N–H and O–H groups in total. The molecule has 95 heavy (non-hydrogen) atoms. The third-order valence-electron chi connectivity index (χ3n) is 16.5. The van der Waals surface area contributed by atoms with E-state index in [1.54, 1.807) is 26.0 Å². The Balaban J connectivity index is 1.39. The van der Waals surface area contributed by atoms with Crippen molar-refractivity contribution < 1.29 is 106 Å². The molecule has 0 aliphatic carbocycles. The van der Waals surface area contributed by atoms with Gasteiger partial charge in [0.1, 0.15) is 28.9 Å². The van der Waals surface area contributed by atoms with Gasteiger partial charge in [-0.25, -0.2) is 0 Å².